The van der Waals surface area contributed by atoms with Crippen molar-refractivity contribution < 1.29 is 28.6 Å². The van der Waals surface area contributed by atoms with Crippen LogP contribution in [0.5, 0.6) is 0 Å². The number of rotatable bonds is 15. The summed E-state index contributed by atoms with van der Waals surface area (Å²) in [5.74, 6) is 0.381. The molecule has 0 aromatic heterocycles. The first-order valence-corrected chi connectivity index (χ1v) is 19.0. The molecule has 0 radical (unpaired) electrons. The summed E-state index contributed by atoms with van der Waals surface area (Å²) in [4.78, 5) is 59.0. The number of non-ortho nitro benzene ring substituents is 2. The topological polar surface area (TPSA) is 223 Å². The van der Waals surface area contributed by atoms with Crippen LogP contribution in [0.15, 0.2) is 72.8 Å². The molecular formula is C39H56Cl2FN9O7. The average Bonchev–Trinajstić information content (AvgIpc) is 3.93. The standard InChI is InChI=1S/C13H17N3O3.C13H19N3O.C7H14N2O.C6H4FNO2.2ClH/c17-13-3-1-9-15(13)10-2-8-14-11-4-6-12(7-5-11)16(18)19;14-11-4-6-12(7-5-11)15-8-2-10-16-9-1-3-13(16)17;8-4-2-6-9-5-1-3-7(9)10;7-5-1-3-6(4-2-5)8(9)10;;/h4-7,14H,1-3,8-10H2;4-7,15H,1-3,8-10,14H2;1-6,8H2;1-4H;2*1H. The average molecular weight is 853 g/mol. The Kier molecular flexibility index (Phi) is 24.7. The van der Waals surface area contributed by atoms with Crippen LogP contribution in [0.3, 0.4) is 0 Å². The number of hydrogen-bond donors (Lipinski definition) is 4. The highest BCUT2D eigenvalue weighted by Crippen LogP contribution is 2.16. The summed E-state index contributed by atoms with van der Waals surface area (Å²) in [6.07, 6.45) is 7.96. The number of nitrogen functional groups attached to an aromatic ring is 1. The number of likely N-dealkylation sites (tertiary alicyclic amines) is 3. The van der Waals surface area contributed by atoms with E-state index in [9.17, 15) is 39.0 Å². The molecule has 3 saturated heterocycles. The maximum atomic E-state index is 12.1. The highest BCUT2D eigenvalue weighted by atomic mass is 35.5. The molecule has 58 heavy (non-hydrogen) atoms. The zero-order valence-electron chi connectivity index (χ0n) is 32.6. The lowest BCUT2D eigenvalue weighted by Gasteiger charge is -2.15. The van der Waals surface area contributed by atoms with Crippen LogP contribution in [0.1, 0.15) is 57.8 Å². The van der Waals surface area contributed by atoms with Gasteiger partial charge in [0.25, 0.3) is 11.4 Å². The quantitative estimate of drug-likeness (QED) is 0.0579. The third kappa shape index (κ3) is 19.3. The highest BCUT2D eigenvalue weighted by molar-refractivity contribution is 5.85. The molecule has 3 aliphatic rings. The number of amides is 3. The van der Waals surface area contributed by atoms with Gasteiger partial charge in [-0.05, 0) is 93.6 Å². The second-order valence-electron chi connectivity index (χ2n) is 13.3. The molecule has 0 aliphatic carbocycles. The Morgan fingerprint density at radius 2 is 0.931 bits per heavy atom. The second kappa shape index (κ2) is 28.2. The van der Waals surface area contributed by atoms with Crippen LogP contribution in [0.4, 0.5) is 32.8 Å². The molecule has 3 aromatic rings. The minimum absolute atomic E-state index is 0. The second-order valence-corrected chi connectivity index (χ2v) is 13.3. The van der Waals surface area contributed by atoms with E-state index < -0.39 is 15.7 Å². The Morgan fingerprint density at radius 1 is 0.586 bits per heavy atom. The van der Waals surface area contributed by atoms with Gasteiger partial charge in [-0.1, -0.05) is 0 Å². The van der Waals surface area contributed by atoms with Crippen molar-refractivity contribution in [1.82, 2.24) is 14.7 Å². The lowest BCUT2D eigenvalue weighted by molar-refractivity contribution is -0.385. The van der Waals surface area contributed by atoms with Gasteiger partial charge in [0.1, 0.15) is 5.82 Å². The smallest absolute Gasteiger partial charge is 0.269 e. The SMILES string of the molecule is Cl.Cl.NCCCN1CCCC1=O.Nc1ccc(NCCCN2CCCC2=O)cc1.O=C1CCCN1CCCNc1ccc([N+](=O)[O-])cc1.O=[N+]([O-])c1ccc(F)cc1. The van der Waals surface area contributed by atoms with E-state index in [0.29, 0.717) is 24.8 Å². The fraction of sp³-hybridized carbons (Fsp3) is 0.462. The van der Waals surface area contributed by atoms with E-state index in [0.717, 1.165) is 145 Å². The number of benzene rings is 3. The molecule has 6 rings (SSSR count). The third-order valence-electron chi connectivity index (χ3n) is 9.04. The van der Waals surface area contributed by atoms with Crippen LogP contribution < -0.4 is 22.1 Å². The van der Waals surface area contributed by atoms with Gasteiger partial charge in [0.05, 0.1) is 9.85 Å². The first-order chi connectivity index (χ1) is 27.0. The van der Waals surface area contributed by atoms with Crippen LogP contribution in [0.25, 0.3) is 0 Å². The number of nitrogens with zero attached hydrogens (tertiary/aromatic N) is 5. The first kappa shape index (κ1) is 50.8. The van der Waals surface area contributed by atoms with Gasteiger partial charge in [-0.25, -0.2) is 4.39 Å². The van der Waals surface area contributed by atoms with Crippen molar-refractivity contribution in [2.75, 3.05) is 75.3 Å². The molecule has 19 heteroatoms. The summed E-state index contributed by atoms with van der Waals surface area (Å²) < 4.78 is 12.1. The largest absolute Gasteiger partial charge is 0.399 e. The van der Waals surface area contributed by atoms with Crippen LogP contribution in [0, 0.1) is 26.0 Å². The summed E-state index contributed by atoms with van der Waals surface area (Å²) in [6.45, 7) is 7.56. The summed E-state index contributed by atoms with van der Waals surface area (Å²) in [5.41, 5.74) is 13.6. The molecule has 0 spiro atoms. The molecule has 3 aromatic carbocycles. The minimum atomic E-state index is -0.570. The first-order valence-electron chi connectivity index (χ1n) is 19.0. The van der Waals surface area contributed by atoms with Gasteiger partial charge < -0.3 is 36.8 Å². The summed E-state index contributed by atoms with van der Waals surface area (Å²) >= 11 is 0. The van der Waals surface area contributed by atoms with Crippen LogP contribution in [0.2, 0.25) is 0 Å². The van der Waals surface area contributed by atoms with Crippen molar-refractivity contribution >= 4 is 71.0 Å². The van der Waals surface area contributed by atoms with E-state index in [2.05, 4.69) is 10.6 Å². The molecule has 3 heterocycles. The predicted molar refractivity (Wildman–Crippen MR) is 229 cm³/mol. The molecule has 0 bridgehead atoms. The van der Waals surface area contributed by atoms with Crippen molar-refractivity contribution in [2.24, 2.45) is 5.73 Å². The zero-order chi connectivity index (χ0) is 40.7. The van der Waals surface area contributed by atoms with Gasteiger partial charge in [-0.3, -0.25) is 34.6 Å². The Balaban J connectivity index is 0.000000397. The maximum absolute atomic E-state index is 12.1. The number of carbonyl (C=O) groups is 3. The number of hydrogen-bond acceptors (Lipinski definition) is 11. The van der Waals surface area contributed by atoms with Crippen molar-refractivity contribution in [1.29, 1.82) is 0 Å². The van der Waals surface area contributed by atoms with Crippen LogP contribution in [-0.2, 0) is 14.4 Å². The van der Waals surface area contributed by atoms with E-state index >= 15 is 0 Å². The highest BCUT2D eigenvalue weighted by Gasteiger charge is 2.20. The number of carbonyl (C=O) groups excluding carboxylic acids is 3. The monoisotopic (exact) mass is 851 g/mol. The predicted octanol–water partition coefficient (Wildman–Crippen LogP) is 6.25. The molecule has 16 nitrogen and oxygen atoms in total. The van der Waals surface area contributed by atoms with Crippen molar-refractivity contribution in [3.8, 4) is 0 Å². The van der Waals surface area contributed by atoms with E-state index in [4.69, 9.17) is 11.5 Å². The maximum Gasteiger partial charge on any atom is 0.269 e. The summed E-state index contributed by atoms with van der Waals surface area (Å²) in [5, 5.41) is 27.0. The molecule has 320 valence electrons. The number of halogens is 3. The summed E-state index contributed by atoms with van der Waals surface area (Å²) in [7, 11) is 0. The number of nitrogens with two attached hydrogens (primary N) is 2. The molecular weight excluding hydrogens is 796 g/mol. The summed E-state index contributed by atoms with van der Waals surface area (Å²) in [6, 6.07) is 18.4. The lowest BCUT2D eigenvalue weighted by Crippen LogP contribution is -2.27. The van der Waals surface area contributed by atoms with Gasteiger partial charge in [-0.15, -0.1) is 24.8 Å². The van der Waals surface area contributed by atoms with Gasteiger partial charge in [0.2, 0.25) is 17.7 Å². The molecule has 0 atom stereocenters. The fourth-order valence-corrected chi connectivity index (χ4v) is 5.97. The number of nitrogens with one attached hydrogen (secondary N) is 2. The molecule has 3 fully saturated rings. The molecule has 3 amide bonds. The minimum Gasteiger partial charge on any atom is -0.399 e. The fourth-order valence-electron chi connectivity index (χ4n) is 5.97. The van der Waals surface area contributed by atoms with Crippen molar-refractivity contribution in [3.05, 3.63) is 98.8 Å². The van der Waals surface area contributed by atoms with Gasteiger partial charge in [0, 0.05) is 113 Å². The van der Waals surface area contributed by atoms with Crippen molar-refractivity contribution in [2.45, 2.75) is 57.8 Å². The Labute approximate surface area is 351 Å². The Bertz CT molecular complexity index is 1690. The van der Waals surface area contributed by atoms with E-state index in [-0.39, 0.29) is 42.1 Å². The molecule has 0 unspecified atom stereocenters. The number of nitro groups is 2. The molecule has 3 aliphatic heterocycles. The van der Waals surface area contributed by atoms with Crippen LogP contribution in [-0.4, -0.2) is 101 Å². The number of nitro benzene ring substituents is 2. The van der Waals surface area contributed by atoms with Gasteiger partial charge >= 0.3 is 0 Å². The van der Waals surface area contributed by atoms with Gasteiger partial charge in [-0.2, -0.15) is 0 Å². The Hall–Kier alpha value is -5.26. The van der Waals surface area contributed by atoms with E-state index in [1.54, 1.807) is 12.1 Å². The molecule has 6 N–H and O–H groups in total. The zero-order valence-corrected chi connectivity index (χ0v) is 34.2. The van der Waals surface area contributed by atoms with Crippen molar-refractivity contribution in [3.63, 3.8) is 0 Å². The van der Waals surface area contributed by atoms with Crippen LogP contribution >= 0.6 is 24.8 Å². The normalized spacial score (nSPS) is 14.1. The lowest BCUT2D eigenvalue weighted by atomic mass is 10.3. The number of anilines is 3. The van der Waals surface area contributed by atoms with E-state index in [1.807, 2.05) is 39.0 Å². The molecule has 0 saturated carbocycles. The van der Waals surface area contributed by atoms with Gasteiger partial charge in [0.15, 0.2) is 0 Å². The third-order valence-corrected chi connectivity index (χ3v) is 9.04. The Morgan fingerprint density at radius 3 is 1.26 bits per heavy atom. The van der Waals surface area contributed by atoms with E-state index in [1.165, 1.54) is 12.1 Å².